The van der Waals surface area contributed by atoms with Gasteiger partial charge in [-0.3, -0.25) is 0 Å². The Balaban J connectivity index is 2.31. The molecule has 0 spiro atoms. The van der Waals surface area contributed by atoms with Crippen molar-refractivity contribution in [3.05, 3.63) is 42.0 Å². The number of hydrogen-bond donors (Lipinski definition) is 1. The highest BCUT2D eigenvalue weighted by atomic mass is 16.6. The molecular formula is C15H14O5. The number of methoxy groups -OCH3 is 1. The number of fused-ring (bicyclic) bond motifs is 1. The molecule has 0 saturated heterocycles. The topological polar surface area (TPSA) is 72.8 Å². The number of benzene rings is 2. The molecule has 0 aliphatic carbocycles. The van der Waals surface area contributed by atoms with Gasteiger partial charge in [0.05, 0.1) is 7.11 Å². The van der Waals surface area contributed by atoms with E-state index in [4.69, 9.17) is 4.74 Å². The first-order valence-corrected chi connectivity index (χ1v) is 6.04. The van der Waals surface area contributed by atoms with E-state index in [1.165, 1.54) is 20.1 Å². The van der Waals surface area contributed by atoms with Gasteiger partial charge in [-0.15, -0.1) is 0 Å². The average Bonchev–Trinajstić information content (AvgIpc) is 2.46. The minimum Gasteiger partial charge on any atom is -0.506 e. The van der Waals surface area contributed by atoms with Gasteiger partial charge in [0.25, 0.3) is 0 Å². The van der Waals surface area contributed by atoms with Crippen molar-refractivity contribution in [1.29, 1.82) is 0 Å². The van der Waals surface area contributed by atoms with Crippen LogP contribution >= 0.6 is 0 Å². The molecule has 0 radical (unpaired) electrons. The van der Waals surface area contributed by atoms with Gasteiger partial charge in [-0.25, -0.2) is 9.59 Å². The highest BCUT2D eigenvalue weighted by Crippen LogP contribution is 2.29. The predicted molar refractivity (Wildman–Crippen MR) is 72.5 cm³/mol. The Hall–Kier alpha value is -2.56. The molecule has 0 saturated carbocycles. The molecule has 0 aromatic heterocycles. The molecular weight excluding hydrogens is 260 g/mol. The van der Waals surface area contributed by atoms with Gasteiger partial charge in [0.15, 0.2) is 6.10 Å². The van der Waals surface area contributed by atoms with Crippen LogP contribution in [-0.4, -0.2) is 30.3 Å². The Morgan fingerprint density at radius 1 is 1.15 bits per heavy atom. The van der Waals surface area contributed by atoms with Crippen LogP contribution in [0.1, 0.15) is 17.3 Å². The van der Waals surface area contributed by atoms with E-state index in [1.54, 1.807) is 18.2 Å². The van der Waals surface area contributed by atoms with Crippen LogP contribution in [-0.2, 0) is 14.3 Å². The molecule has 20 heavy (non-hydrogen) atoms. The second kappa shape index (κ2) is 5.61. The summed E-state index contributed by atoms with van der Waals surface area (Å²) in [6, 6.07) is 10.3. The molecule has 1 atom stereocenters. The Morgan fingerprint density at radius 3 is 2.55 bits per heavy atom. The summed E-state index contributed by atoms with van der Waals surface area (Å²) >= 11 is 0. The number of carbonyl (C=O) groups excluding carboxylic acids is 2. The van der Waals surface area contributed by atoms with Gasteiger partial charge < -0.3 is 14.6 Å². The minimum atomic E-state index is -1.03. The van der Waals surface area contributed by atoms with Crippen LogP contribution in [0, 0.1) is 0 Å². The number of rotatable bonds is 3. The van der Waals surface area contributed by atoms with Crippen molar-refractivity contribution >= 4 is 22.7 Å². The van der Waals surface area contributed by atoms with Crippen LogP contribution < -0.4 is 0 Å². The summed E-state index contributed by atoms with van der Waals surface area (Å²) in [5, 5.41) is 11.5. The Kier molecular flexibility index (Phi) is 3.89. The SMILES string of the molecule is COC(=O)C(C)OC(=O)c1ccc2ccccc2c1O. The summed E-state index contributed by atoms with van der Waals surface area (Å²) in [7, 11) is 1.21. The van der Waals surface area contributed by atoms with Crippen LogP contribution in [0.5, 0.6) is 5.75 Å². The monoisotopic (exact) mass is 274 g/mol. The number of ether oxygens (including phenoxy) is 2. The van der Waals surface area contributed by atoms with Crippen molar-refractivity contribution < 1.29 is 24.2 Å². The standard InChI is InChI=1S/C15H14O5/c1-9(14(17)19-2)20-15(18)12-8-7-10-5-3-4-6-11(10)13(12)16/h3-9,16H,1-2H3. The van der Waals surface area contributed by atoms with E-state index in [2.05, 4.69) is 4.74 Å². The molecule has 1 N–H and O–H groups in total. The number of carbonyl (C=O) groups is 2. The van der Waals surface area contributed by atoms with Crippen molar-refractivity contribution in [3.63, 3.8) is 0 Å². The van der Waals surface area contributed by atoms with E-state index in [-0.39, 0.29) is 11.3 Å². The summed E-state index contributed by atoms with van der Waals surface area (Å²) in [4.78, 5) is 23.2. The van der Waals surface area contributed by atoms with Crippen molar-refractivity contribution in [3.8, 4) is 5.75 Å². The first-order chi connectivity index (χ1) is 9.54. The predicted octanol–water partition coefficient (Wildman–Crippen LogP) is 2.26. The number of phenolic OH excluding ortho intramolecular Hbond substituents is 1. The van der Waals surface area contributed by atoms with E-state index in [0.717, 1.165) is 5.39 Å². The molecule has 1 unspecified atom stereocenters. The van der Waals surface area contributed by atoms with Gasteiger partial charge in [-0.1, -0.05) is 30.3 Å². The lowest BCUT2D eigenvalue weighted by Gasteiger charge is -2.12. The Bertz CT molecular complexity index is 662. The fraction of sp³-hybridized carbons (Fsp3) is 0.200. The molecule has 2 rings (SSSR count). The smallest absolute Gasteiger partial charge is 0.346 e. The number of esters is 2. The first-order valence-electron chi connectivity index (χ1n) is 6.04. The first kappa shape index (κ1) is 13.9. The lowest BCUT2D eigenvalue weighted by atomic mass is 10.1. The third-order valence-electron chi connectivity index (χ3n) is 2.94. The zero-order chi connectivity index (χ0) is 14.7. The number of phenols is 1. The van der Waals surface area contributed by atoms with Gasteiger partial charge in [-0.2, -0.15) is 0 Å². The maximum Gasteiger partial charge on any atom is 0.346 e. The van der Waals surface area contributed by atoms with E-state index in [0.29, 0.717) is 5.39 Å². The maximum absolute atomic E-state index is 11.9. The molecule has 2 aromatic rings. The lowest BCUT2D eigenvalue weighted by Crippen LogP contribution is -2.25. The molecule has 0 bridgehead atoms. The van der Waals surface area contributed by atoms with Gasteiger partial charge in [0, 0.05) is 5.39 Å². The van der Waals surface area contributed by atoms with E-state index in [9.17, 15) is 14.7 Å². The minimum absolute atomic E-state index is 0.0134. The summed E-state index contributed by atoms with van der Waals surface area (Å²) in [6.07, 6.45) is -1.03. The van der Waals surface area contributed by atoms with E-state index in [1.807, 2.05) is 12.1 Å². The fourth-order valence-corrected chi connectivity index (χ4v) is 1.86. The van der Waals surface area contributed by atoms with Crippen LogP contribution in [0.2, 0.25) is 0 Å². The molecule has 0 heterocycles. The molecule has 0 fully saturated rings. The molecule has 0 aliphatic rings. The number of hydrogen-bond acceptors (Lipinski definition) is 5. The molecule has 0 amide bonds. The van der Waals surface area contributed by atoms with Crippen molar-refractivity contribution in [2.45, 2.75) is 13.0 Å². The zero-order valence-corrected chi connectivity index (χ0v) is 11.1. The third kappa shape index (κ3) is 2.56. The van der Waals surface area contributed by atoms with Crippen LogP contribution in [0.25, 0.3) is 10.8 Å². The number of aromatic hydroxyl groups is 1. The molecule has 2 aromatic carbocycles. The van der Waals surface area contributed by atoms with E-state index >= 15 is 0 Å². The van der Waals surface area contributed by atoms with Gasteiger partial charge in [-0.05, 0) is 18.4 Å². The average molecular weight is 274 g/mol. The second-order valence-corrected chi connectivity index (χ2v) is 4.25. The molecule has 0 aliphatic heterocycles. The maximum atomic E-state index is 11.9. The highest BCUT2D eigenvalue weighted by Gasteiger charge is 2.22. The highest BCUT2D eigenvalue weighted by molar-refractivity contribution is 6.01. The second-order valence-electron chi connectivity index (χ2n) is 4.25. The fourth-order valence-electron chi connectivity index (χ4n) is 1.86. The quantitative estimate of drug-likeness (QED) is 0.869. The third-order valence-corrected chi connectivity index (χ3v) is 2.94. The lowest BCUT2D eigenvalue weighted by molar-refractivity contribution is -0.149. The zero-order valence-electron chi connectivity index (χ0n) is 11.1. The van der Waals surface area contributed by atoms with Gasteiger partial charge >= 0.3 is 11.9 Å². The molecule has 5 heteroatoms. The Labute approximate surface area is 115 Å². The molecule has 5 nitrogen and oxygen atoms in total. The van der Waals surface area contributed by atoms with E-state index < -0.39 is 18.0 Å². The van der Waals surface area contributed by atoms with Crippen molar-refractivity contribution in [1.82, 2.24) is 0 Å². The summed E-state index contributed by atoms with van der Waals surface area (Å²) < 4.78 is 9.42. The van der Waals surface area contributed by atoms with Crippen molar-refractivity contribution in [2.24, 2.45) is 0 Å². The largest absolute Gasteiger partial charge is 0.506 e. The summed E-state index contributed by atoms with van der Waals surface area (Å²) in [5.74, 6) is -1.59. The normalized spacial score (nSPS) is 11.9. The van der Waals surface area contributed by atoms with Crippen molar-refractivity contribution in [2.75, 3.05) is 7.11 Å². The van der Waals surface area contributed by atoms with Crippen LogP contribution in [0.3, 0.4) is 0 Å². The van der Waals surface area contributed by atoms with Gasteiger partial charge in [0.2, 0.25) is 0 Å². The molecule has 104 valence electrons. The van der Waals surface area contributed by atoms with Gasteiger partial charge in [0.1, 0.15) is 11.3 Å². The summed E-state index contributed by atoms with van der Waals surface area (Å²) in [6.45, 7) is 1.40. The summed E-state index contributed by atoms with van der Waals surface area (Å²) in [5.41, 5.74) is 0.0134. The Morgan fingerprint density at radius 2 is 1.85 bits per heavy atom. The van der Waals surface area contributed by atoms with Crippen LogP contribution in [0.4, 0.5) is 0 Å². The van der Waals surface area contributed by atoms with Crippen LogP contribution in [0.15, 0.2) is 36.4 Å².